The molecule has 16 heavy (non-hydrogen) atoms. The average molecular weight is 220 g/mol. The first-order valence-electron chi connectivity index (χ1n) is 5.06. The predicted octanol–water partition coefficient (Wildman–Crippen LogP) is 2.42. The third kappa shape index (κ3) is 3.06. The number of nitrogens with one attached hydrogen (secondary N) is 1. The molecule has 0 aliphatic heterocycles. The van der Waals surface area contributed by atoms with Crippen LogP contribution in [0.15, 0.2) is 18.2 Å². The Morgan fingerprint density at radius 2 is 2.12 bits per heavy atom. The van der Waals surface area contributed by atoms with Gasteiger partial charge in [-0.25, -0.2) is 0 Å². The molecule has 0 fully saturated rings. The van der Waals surface area contributed by atoms with Crippen LogP contribution in [0.4, 0.5) is 5.69 Å². The Kier molecular flexibility index (Phi) is 4.46. The van der Waals surface area contributed by atoms with Gasteiger partial charge in [-0.2, -0.15) is 5.26 Å². The third-order valence-corrected chi connectivity index (χ3v) is 2.21. The molecule has 1 N–H and O–H groups in total. The van der Waals surface area contributed by atoms with Gasteiger partial charge in [0.25, 0.3) is 0 Å². The van der Waals surface area contributed by atoms with E-state index in [1.165, 1.54) is 0 Å². The van der Waals surface area contributed by atoms with Crippen molar-refractivity contribution in [2.75, 3.05) is 19.5 Å². The fourth-order valence-electron chi connectivity index (χ4n) is 1.37. The van der Waals surface area contributed by atoms with E-state index in [9.17, 15) is 0 Å². The van der Waals surface area contributed by atoms with Crippen LogP contribution in [0, 0.1) is 11.3 Å². The molecule has 0 bridgehead atoms. The van der Waals surface area contributed by atoms with Crippen molar-refractivity contribution in [3.8, 4) is 17.6 Å². The molecular weight excluding hydrogens is 204 g/mol. The minimum absolute atomic E-state index is 0.0901. The maximum Gasteiger partial charge on any atom is 0.145 e. The largest absolute Gasteiger partial charge is 0.497 e. The highest BCUT2D eigenvalue weighted by Crippen LogP contribution is 2.29. The van der Waals surface area contributed by atoms with E-state index in [-0.39, 0.29) is 6.04 Å². The van der Waals surface area contributed by atoms with Crippen molar-refractivity contribution in [2.45, 2.75) is 19.4 Å². The van der Waals surface area contributed by atoms with E-state index in [0.717, 1.165) is 11.4 Å². The van der Waals surface area contributed by atoms with Crippen molar-refractivity contribution in [1.82, 2.24) is 0 Å². The number of anilines is 1. The van der Waals surface area contributed by atoms with Crippen molar-refractivity contribution < 1.29 is 9.47 Å². The zero-order valence-corrected chi connectivity index (χ0v) is 9.78. The summed E-state index contributed by atoms with van der Waals surface area (Å²) in [4.78, 5) is 0. The molecule has 0 aliphatic rings. The van der Waals surface area contributed by atoms with Gasteiger partial charge in [0.05, 0.1) is 32.4 Å². The Labute approximate surface area is 95.8 Å². The molecule has 0 aliphatic carbocycles. The van der Waals surface area contributed by atoms with Crippen molar-refractivity contribution in [2.24, 2.45) is 0 Å². The lowest BCUT2D eigenvalue weighted by atomic mass is 10.2. The lowest BCUT2D eigenvalue weighted by Crippen LogP contribution is -2.14. The quantitative estimate of drug-likeness (QED) is 0.828. The lowest BCUT2D eigenvalue weighted by molar-refractivity contribution is 0.395. The molecule has 0 amide bonds. The Hall–Kier alpha value is -1.89. The zero-order chi connectivity index (χ0) is 12.0. The van der Waals surface area contributed by atoms with Gasteiger partial charge in [0.2, 0.25) is 0 Å². The van der Waals surface area contributed by atoms with Gasteiger partial charge >= 0.3 is 0 Å². The molecule has 1 atom stereocenters. The second kappa shape index (κ2) is 5.86. The number of nitriles is 1. The van der Waals surface area contributed by atoms with Crippen LogP contribution >= 0.6 is 0 Å². The summed E-state index contributed by atoms with van der Waals surface area (Å²) in [6, 6.07) is 7.75. The molecule has 1 rings (SSSR count). The lowest BCUT2D eigenvalue weighted by Gasteiger charge is -2.15. The summed E-state index contributed by atoms with van der Waals surface area (Å²) in [6.07, 6.45) is 0.454. The summed E-state index contributed by atoms with van der Waals surface area (Å²) in [5.74, 6) is 1.46. The number of ether oxygens (including phenoxy) is 2. The molecular formula is C12H16N2O2. The summed E-state index contributed by atoms with van der Waals surface area (Å²) in [5, 5.41) is 11.8. The fourth-order valence-corrected chi connectivity index (χ4v) is 1.37. The van der Waals surface area contributed by atoms with E-state index in [4.69, 9.17) is 14.7 Å². The SMILES string of the molecule is COc1ccc(NC(C)CC#N)c(OC)c1. The summed E-state index contributed by atoms with van der Waals surface area (Å²) in [7, 11) is 3.22. The summed E-state index contributed by atoms with van der Waals surface area (Å²) < 4.78 is 10.3. The molecule has 0 saturated heterocycles. The minimum atomic E-state index is 0.0901. The van der Waals surface area contributed by atoms with Crippen molar-refractivity contribution >= 4 is 5.69 Å². The minimum Gasteiger partial charge on any atom is -0.497 e. The van der Waals surface area contributed by atoms with Crippen LogP contribution in [-0.2, 0) is 0 Å². The Bertz CT molecular complexity index is 385. The summed E-state index contributed by atoms with van der Waals surface area (Å²) in [6.45, 7) is 1.95. The molecule has 0 spiro atoms. The van der Waals surface area contributed by atoms with Gasteiger partial charge < -0.3 is 14.8 Å². The predicted molar refractivity (Wildman–Crippen MR) is 62.9 cm³/mol. The molecule has 4 heteroatoms. The molecule has 0 aromatic heterocycles. The van der Waals surface area contributed by atoms with Gasteiger partial charge in [-0.1, -0.05) is 0 Å². The molecule has 4 nitrogen and oxygen atoms in total. The molecule has 1 aromatic rings. The van der Waals surface area contributed by atoms with E-state index in [0.29, 0.717) is 12.2 Å². The summed E-state index contributed by atoms with van der Waals surface area (Å²) in [5.41, 5.74) is 0.867. The van der Waals surface area contributed by atoms with Gasteiger partial charge in [0.1, 0.15) is 11.5 Å². The first-order chi connectivity index (χ1) is 7.71. The first-order valence-corrected chi connectivity index (χ1v) is 5.06. The second-order valence-electron chi connectivity index (χ2n) is 3.47. The van der Waals surface area contributed by atoms with Crippen LogP contribution < -0.4 is 14.8 Å². The highest BCUT2D eigenvalue weighted by molar-refractivity contribution is 5.59. The standard InChI is InChI=1S/C12H16N2O2/c1-9(6-7-13)14-11-5-4-10(15-2)8-12(11)16-3/h4-5,8-9,14H,6H2,1-3H3. The second-order valence-corrected chi connectivity index (χ2v) is 3.47. The van der Waals surface area contributed by atoms with E-state index in [2.05, 4.69) is 11.4 Å². The number of methoxy groups -OCH3 is 2. The van der Waals surface area contributed by atoms with E-state index < -0.39 is 0 Å². The average Bonchev–Trinajstić information content (AvgIpc) is 2.30. The van der Waals surface area contributed by atoms with Gasteiger partial charge in [-0.05, 0) is 19.1 Å². The normalized spacial score (nSPS) is 11.4. The Morgan fingerprint density at radius 3 is 2.69 bits per heavy atom. The smallest absolute Gasteiger partial charge is 0.145 e. The first kappa shape index (κ1) is 12.2. The summed E-state index contributed by atoms with van der Waals surface area (Å²) >= 11 is 0. The Morgan fingerprint density at radius 1 is 1.38 bits per heavy atom. The van der Waals surface area contributed by atoms with Crippen LogP contribution in [0.25, 0.3) is 0 Å². The van der Waals surface area contributed by atoms with Gasteiger partial charge in [0, 0.05) is 12.1 Å². The molecule has 86 valence electrons. The zero-order valence-electron chi connectivity index (χ0n) is 9.78. The monoisotopic (exact) mass is 220 g/mol. The Balaban J connectivity index is 2.83. The van der Waals surface area contributed by atoms with Gasteiger partial charge in [0.15, 0.2) is 0 Å². The topological polar surface area (TPSA) is 54.3 Å². The molecule has 0 radical (unpaired) electrons. The molecule has 0 heterocycles. The molecule has 1 aromatic carbocycles. The van der Waals surface area contributed by atoms with E-state index >= 15 is 0 Å². The number of benzene rings is 1. The maximum atomic E-state index is 8.58. The number of hydrogen-bond acceptors (Lipinski definition) is 4. The highest BCUT2D eigenvalue weighted by atomic mass is 16.5. The number of rotatable bonds is 5. The highest BCUT2D eigenvalue weighted by Gasteiger charge is 2.07. The van der Waals surface area contributed by atoms with Crippen LogP contribution in [0.1, 0.15) is 13.3 Å². The van der Waals surface area contributed by atoms with Crippen LogP contribution in [0.5, 0.6) is 11.5 Å². The molecule has 1 unspecified atom stereocenters. The van der Waals surface area contributed by atoms with Crippen molar-refractivity contribution in [3.63, 3.8) is 0 Å². The third-order valence-electron chi connectivity index (χ3n) is 2.21. The molecule has 0 saturated carbocycles. The fraction of sp³-hybridized carbons (Fsp3) is 0.417. The van der Waals surface area contributed by atoms with Crippen LogP contribution in [0.3, 0.4) is 0 Å². The number of nitrogens with zero attached hydrogens (tertiary/aromatic N) is 1. The van der Waals surface area contributed by atoms with Crippen molar-refractivity contribution in [1.29, 1.82) is 5.26 Å². The maximum absolute atomic E-state index is 8.58. The van der Waals surface area contributed by atoms with E-state index in [1.807, 2.05) is 19.1 Å². The van der Waals surface area contributed by atoms with Crippen molar-refractivity contribution in [3.05, 3.63) is 18.2 Å². The van der Waals surface area contributed by atoms with Gasteiger partial charge in [-0.3, -0.25) is 0 Å². The van der Waals surface area contributed by atoms with Crippen LogP contribution in [0.2, 0.25) is 0 Å². The van der Waals surface area contributed by atoms with Crippen LogP contribution in [-0.4, -0.2) is 20.3 Å². The van der Waals surface area contributed by atoms with E-state index in [1.54, 1.807) is 20.3 Å². The van der Waals surface area contributed by atoms with Gasteiger partial charge in [-0.15, -0.1) is 0 Å². The number of hydrogen-bond donors (Lipinski definition) is 1.